The van der Waals surface area contributed by atoms with E-state index in [1.165, 1.54) is 16.8 Å². The highest BCUT2D eigenvalue weighted by atomic mass is 16.5. The van der Waals surface area contributed by atoms with Crippen LogP contribution in [0, 0.1) is 0 Å². The maximum absolute atomic E-state index is 12.9. The van der Waals surface area contributed by atoms with Gasteiger partial charge in [0, 0.05) is 44.9 Å². The lowest BCUT2D eigenvalue weighted by Gasteiger charge is -2.25. The molecule has 0 radical (unpaired) electrons. The standard InChI is InChI=1S/C24H30N2O4/c1-25(12-13-28-2)23(27)22-14-24(17-30-22)16-26(21-7-5-4-6-20(21)24)15-18-8-10-19(29-3)11-9-18/h4-11,22H,12-17H2,1-3H3/t22-,24-/m0/s1. The number of methoxy groups -OCH3 is 2. The van der Waals surface area contributed by atoms with Gasteiger partial charge in [-0.2, -0.15) is 0 Å². The summed E-state index contributed by atoms with van der Waals surface area (Å²) >= 11 is 0. The molecule has 160 valence electrons. The largest absolute Gasteiger partial charge is 0.497 e. The zero-order chi connectivity index (χ0) is 21.1. The highest BCUT2D eigenvalue weighted by Gasteiger charge is 2.50. The molecule has 0 aliphatic carbocycles. The SMILES string of the molecule is COCCN(C)C(=O)[C@@H]1C[C@@]2(CO1)CN(Cc1ccc(OC)cc1)c1ccccc12. The first kappa shape index (κ1) is 20.7. The van der Waals surface area contributed by atoms with Crippen molar-refractivity contribution >= 4 is 11.6 Å². The fourth-order valence-corrected chi connectivity index (χ4v) is 4.60. The summed E-state index contributed by atoms with van der Waals surface area (Å²) in [7, 11) is 5.14. The summed E-state index contributed by atoms with van der Waals surface area (Å²) in [5, 5.41) is 0. The summed E-state index contributed by atoms with van der Waals surface area (Å²) in [6.07, 6.45) is 0.306. The maximum atomic E-state index is 12.9. The Labute approximate surface area is 178 Å². The predicted molar refractivity (Wildman–Crippen MR) is 116 cm³/mol. The number of para-hydroxylation sites is 1. The van der Waals surface area contributed by atoms with Crippen LogP contribution in [0.15, 0.2) is 48.5 Å². The minimum atomic E-state index is -0.402. The number of rotatable bonds is 7. The molecule has 2 aliphatic heterocycles. The normalized spacial score (nSPS) is 22.4. The first-order valence-corrected chi connectivity index (χ1v) is 10.4. The third kappa shape index (κ3) is 3.89. The highest BCUT2D eigenvalue weighted by molar-refractivity contribution is 5.81. The minimum Gasteiger partial charge on any atom is -0.497 e. The van der Waals surface area contributed by atoms with Crippen LogP contribution in [0.2, 0.25) is 0 Å². The van der Waals surface area contributed by atoms with Gasteiger partial charge < -0.3 is 24.0 Å². The zero-order valence-electron chi connectivity index (χ0n) is 18.0. The van der Waals surface area contributed by atoms with Crippen LogP contribution in [-0.2, 0) is 26.2 Å². The van der Waals surface area contributed by atoms with E-state index in [1.807, 2.05) is 19.2 Å². The second-order valence-electron chi connectivity index (χ2n) is 8.26. The molecule has 0 bridgehead atoms. The molecule has 2 aromatic rings. The Morgan fingerprint density at radius 2 is 1.97 bits per heavy atom. The second kappa shape index (κ2) is 8.66. The van der Waals surface area contributed by atoms with Crippen molar-refractivity contribution in [2.75, 3.05) is 52.5 Å². The highest BCUT2D eigenvalue weighted by Crippen LogP contribution is 2.47. The van der Waals surface area contributed by atoms with E-state index in [4.69, 9.17) is 14.2 Å². The van der Waals surface area contributed by atoms with Crippen molar-refractivity contribution in [1.29, 1.82) is 0 Å². The molecule has 2 atom stereocenters. The molecule has 1 fully saturated rings. The molecular weight excluding hydrogens is 380 g/mol. The van der Waals surface area contributed by atoms with Gasteiger partial charge in [0.2, 0.25) is 0 Å². The van der Waals surface area contributed by atoms with Gasteiger partial charge in [0.25, 0.3) is 5.91 Å². The summed E-state index contributed by atoms with van der Waals surface area (Å²) < 4.78 is 16.4. The number of carbonyl (C=O) groups excluding carboxylic acids is 1. The fourth-order valence-electron chi connectivity index (χ4n) is 4.60. The molecule has 1 saturated heterocycles. The van der Waals surface area contributed by atoms with Crippen LogP contribution in [0.5, 0.6) is 5.75 Å². The van der Waals surface area contributed by atoms with Crippen LogP contribution >= 0.6 is 0 Å². The number of likely N-dealkylation sites (N-methyl/N-ethyl adjacent to an activating group) is 1. The Morgan fingerprint density at radius 3 is 2.70 bits per heavy atom. The Kier molecular flexibility index (Phi) is 5.97. The molecular formula is C24H30N2O4. The van der Waals surface area contributed by atoms with Gasteiger partial charge >= 0.3 is 0 Å². The van der Waals surface area contributed by atoms with E-state index < -0.39 is 6.10 Å². The molecule has 1 amide bonds. The van der Waals surface area contributed by atoms with E-state index in [9.17, 15) is 4.79 Å². The van der Waals surface area contributed by atoms with E-state index in [1.54, 1.807) is 19.1 Å². The van der Waals surface area contributed by atoms with Crippen molar-refractivity contribution in [2.24, 2.45) is 0 Å². The average Bonchev–Trinajstić information content (AvgIpc) is 3.34. The molecule has 2 aliphatic rings. The third-order valence-corrected chi connectivity index (χ3v) is 6.26. The molecule has 0 aromatic heterocycles. The van der Waals surface area contributed by atoms with Crippen LogP contribution in [0.25, 0.3) is 0 Å². The topological polar surface area (TPSA) is 51.2 Å². The summed E-state index contributed by atoms with van der Waals surface area (Å²) in [6.45, 7) is 3.33. The number of anilines is 1. The number of hydrogen-bond donors (Lipinski definition) is 0. The number of nitrogens with zero attached hydrogens (tertiary/aromatic N) is 2. The molecule has 2 aromatic carbocycles. The smallest absolute Gasteiger partial charge is 0.251 e. The van der Waals surface area contributed by atoms with Crippen molar-refractivity contribution in [3.05, 3.63) is 59.7 Å². The van der Waals surface area contributed by atoms with Crippen molar-refractivity contribution in [1.82, 2.24) is 4.90 Å². The molecule has 1 spiro atoms. The van der Waals surface area contributed by atoms with E-state index >= 15 is 0 Å². The third-order valence-electron chi connectivity index (χ3n) is 6.26. The Bertz CT molecular complexity index is 885. The minimum absolute atomic E-state index is 0.0370. The van der Waals surface area contributed by atoms with Gasteiger partial charge in [-0.25, -0.2) is 0 Å². The van der Waals surface area contributed by atoms with Crippen LogP contribution in [-0.4, -0.2) is 64.5 Å². The quantitative estimate of drug-likeness (QED) is 0.703. The Balaban J connectivity index is 1.51. The van der Waals surface area contributed by atoms with Crippen LogP contribution < -0.4 is 9.64 Å². The lowest BCUT2D eigenvalue weighted by Crippen LogP contribution is -2.39. The molecule has 0 saturated carbocycles. The molecule has 0 N–H and O–H groups in total. The second-order valence-corrected chi connectivity index (χ2v) is 8.26. The number of hydrogen-bond acceptors (Lipinski definition) is 5. The summed E-state index contributed by atoms with van der Waals surface area (Å²) in [6, 6.07) is 16.7. The Morgan fingerprint density at radius 1 is 1.20 bits per heavy atom. The van der Waals surface area contributed by atoms with Crippen molar-refractivity contribution in [2.45, 2.75) is 24.5 Å². The Hall–Kier alpha value is -2.57. The van der Waals surface area contributed by atoms with Gasteiger partial charge in [-0.05, 0) is 35.7 Å². The molecule has 6 nitrogen and oxygen atoms in total. The van der Waals surface area contributed by atoms with Crippen molar-refractivity contribution < 1.29 is 19.0 Å². The van der Waals surface area contributed by atoms with Gasteiger partial charge in [-0.3, -0.25) is 4.79 Å². The van der Waals surface area contributed by atoms with E-state index in [0.717, 1.165) is 18.8 Å². The number of fused-ring (bicyclic) bond motifs is 2. The molecule has 0 unspecified atom stereocenters. The molecule has 6 heteroatoms. The molecule has 30 heavy (non-hydrogen) atoms. The predicted octanol–water partition coefficient (Wildman–Crippen LogP) is 2.85. The van der Waals surface area contributed by atoms with Gasteiger partial charge in [0.15, 0.2) is 0 Å². The van der Waals surface area contributed by atoms with Crippen LogP contribution in [0.4, 0.5) is 5.69 Å². The van der Waals surface area contributed by atoms with Crippen molar-refractivity contribution in [3.8, 4) is 5.75 Å². The summed E-state index contributed by atoms with van der Waals surface area (Å²) in [5.74, 6) is 0.898. The van der Waals surface area contributed by atoms with Gasteiger partial charge in [0.05, 0.1) is 20.3 Å². The number of carbonyl (C=O) groups is 1. The lowest BCUT2D eigenvalue weighted by molar-refractivity contribution is -0.140. The van der Waals surface area contributed by atoms with Crippen LogP contribution in [0.1, 0.15) is 17.5 Å². The van der Waals surface area contributed by atoms with E-state index in [0.29, 0.717) is 26.2 Å². The van der Waals surface area contributed by atoms with E-state index in [2.05, 4.69) is 41.3 Å². The summed E-state index contributed by atoms with van der Waals surface area (Å²) in [4.78, 5) is 17.0. The lowest BCUT2D eigenvalue weighted by atomic mass is 9.80. The summed E-state index contributed by atoms with van der Waals surface area (Å²) in [5.41, 5.74) is 3.60. The van der Waals surface area contributed by atoms with E-state index in [-0.39, 0.29) is 11.3 Å². The number of ether oxygens (including phenoxy) is 3. The number of amides is 1. The van der Waals surface area contributed by atoms with Crippen molar-refractivity contribution in [3.63, 3.8) is 0 Å². The van der Waals surface area contributed by atoms with Gasteiger partial charge in [-0.15, -0.1) is 0 Å². The first-order valence-electron chi connectivity index (χ1n) is 10.4. The number of benzene rings is 2. The van der Waals surface area contributed by atoms with Crippen LogP contribution in [0.3, 0.4) is 0 Å². The van der Waals surface area contributed by atoms with Gasteiger partial charge in [-0.1, -0.05) is 30.3 Å². The first-order chi connectivity index (χ1) is 14.6. The average molecular weight is 411 g/mol. The fraction of sp³-hybridized carbons (Fsp3) is 0.458. The maximum Gasteiger partial charge on any atom is 0.251 e. The molecule has 4 rings (SSSR count). The zero-order valence-corrected chi connectivity index (χ0v) is 18.0. The van der Waals surface area contributed by atoms with Gasteiger partial charge in [0.1, 0.15) is 11.9 Å². The monoisotopic (exact) mass is 410 g/mol. The molecule has 2 heterocycles.